The number of allylic oxidation sites excluding steroid dienone is 4. The molecule has 15 heavy (non-hydrogen) atoms. The maximum Gasteiger partial charge on any atom is -0.00940 e. The van der Waals surface area contributed by atoms with Crippen LogP contribution in [0.5, 0.6) is 0 Å². The van der Waals surface area contributed by atoms with Crippen LogP contribution in [0.25, 0.3) is 0 Å². The van der Waals surface area contributed by atoms with Gasteiger partial charge in [0.25, 0.3) is 0 Å². The molecule has 0 N–H and O–H groups in total. The van der Waals surface area contributed by atoms with Gasteiger partial charge in [-0.05, 0) is 42.6 Å². The summed E-state index contributed by atoms with van der Waals surface area (Å²) >= 11 is 0. The lowest BCUT2D eigenvalue weighted by atomic mass is 9.84. The molecule has 0 aromatic carbocycles. The molecule has 84 valence electrons. The maximum atomic E-state index is 2.53. The molecule has 0 bridgehead atoms. The third-order valence-corrected chi connectivity index (χ3v) is 3.98. The van der Waals surface area contributed by atoms with E-state index in [0.717, 1.165) is 5.92 Å². The lowest BCUT2D eigenvalue weighted by Crippen LogP contribution is -2.08. The topological polar surface area (TPSA) is 0 Å². The van der Waals surface area contributed by atoms with E-state index in [4.69, 9.17) is 0 Å². The van der Waals surface area contributed by atoms with E-state index < -0.39 is 0 Å². The zero-order valence-electron chi connectivity index (χ0n) is 10.7. The van der Waals surface area contributed by atoms with Crippen molar-refractivity contribution < 1.29 is 0 Å². The van der Waals surface area contributed by atoms with Gasteiger partial charge in [0.1, 0.15) is 0 Å². The van der Waals surface area contributed by atoms with Gasteiger partial charge < -0.3 is 0 Å². The van der Waals surface area contributed by atoms with Gasteiger partial charge in [-0.2, -0.15) is 0 Å². The second-order valence-corrected chi connectivity index (χ2v) is 6.18. The van der Waals surface area contributed by atoms with Gasteiger partial charge in [0.05, 0.1) is 0 Å². The molecule has 1 unspecified atom stereocenters. The second-order valence-electron chi connectivity index (χ2n) is 6.18. The Morgan fingerprint density at radius 2 is 2.07 bits per heavy atom. The molecule has 0 fully saturated rings. The quantitative estimate of drug-likeness (QED) is 0.602. The molecule has 0 spiro atoms. The van der Waals surface area contributed by atoms with Gasteiger partial charge in [-0.1, -0.05) is 51.3 Å². The molecule has 0 heteroatoms. The molecule has 0 amide bonds. The van der Waals surface area contributed by atoms with Crippen LogP contribution in [0.15, 0.2) is 22.8 Å². The summed E-state index contributed by atoms with van der Waals surface area (Å²) in [7, 11) is 0. The van der Waals surface area contributed by atoms with E-state index in [2.05, 4.69) is 33.8 Å². The normalized spacial score (nSPS) is 25.9. The van der Waals surface area contributed by atoms with E-state index in [1.54, 1.807) is 16.7 Å². The molecule has 0 saturated heterocycles. The van der Waals surface area contributed by atoms with Crippen LogP contribution >= 0.6 is 0 Å². The summed E-state index contributed by atoms with van der Waals surface area (Å²) in [6.07, 6.45) is 9.33. The molecule has 0 radical (unpaired) electrons. The first-order valence-electron chi connectivity index (χ1n) is 6.45. The first-order chi connectivity index (χ1) is 7.02. The summed E-state index contributed by atoms with van der Waals surface area (Å²) in [6.45, 7) is 9.34. The minimum absolute atomic E-state index is 0.376. The largest absolute Gasteiger partial charge is 0.0654 e. The Morgan fingerprint density at radius 1 is 1.33 bits per heavy atom. The average molecular weight is 204 g/mol. The van der Waals surface area contributed by atoms with Crippen LogP contribution in [0, 0.1) is 11.3 Å². The Kier molecular flexibility index (Phi) is 2.79. The Balaban J connectivity index is 2.14. The summed E-state index contributed by atoms with van der Waals surface area (Å²) in [5.74, 6) is 0.893. The van der Waals surface area contributed by atoms with Crippen LogP contribution in [0.2, 0.25) is 0 Å². The van der Waals surface area contributed by atoms with Gasteiger partial charge in [0.15, 0.2) is 0 Å². The highest BCUT2D eigenvalue weighted by Gasteiger charge is 2.31. The van der Waals surface area contributed by atoms with Crippen LogP contribution in [0.1, 0.15) is 59.8 Å². The fourth-order valence-corrected chi connectivity index (χ4v) is 2.95. The maximum absolute atomic E-state index is 2.53. The molecule has 0 nitrogen and oxygen atoms in total. The van der Waals surface area contributed by atoms with Crippen LogP contribution < -0.4 is 0 Å². The van der Waals surface area contributed by atoms with Crippen LogP contribution in [0.3, 0.4) is 0 Å². The predicted molar refractivity (Wildman–Crippen MR) is 66.8 cm³/mol. The minimum Gasteiger partial charge on any atom is -0.0654 e. The highest BCUT2D eigenvalue weighted by molar-refractivity contribution is 5.45. The van der Waals surface area contributed by atoms with Gasteiger partial charge in [0.2, 0.25) is 0 Å². The van der Waals surface area contributed by atoms with Gasteiger partial charge in [0, 0.05) is 0 Å². The standard InChI is InChI=1S/C15H24/c1-5-6-11-7-8-12-9-13(10-14(11)12)15(2,3)4/h10-11H,5-9H2,1-4H3. The van der Waals surface area contributed by atoms with E-state index >= 15 is 0 Å². The first kappa shape index (κ1) is 11.0. The predicted octanol–water partition coefficient (Wildman–Crippen LogP) is 4.87. The van der Waals surface area contributed by atoms with Gasteiger partial charge in [-0.15, -0.1) is 0 Å². The molecule has 2 aliphatic rings. The van der Waals surface area contributed by atoms with E-state index in [-0.39, 0.29) is 0 Å². The highest BCUT2D eigenvalue weighted by Crippen LogP contribution is 2.47. The van der Waals surface area contributed by atoms with E-state index in [0.29, 0.717) is 5.41 Å². The lowest BCUT2D eigenvalue weighted by Gasteiger charge is -2.21. The van der Waals surface area contributed by atoms with Crippen molar-refractivity contribution in [3.05, 3.63) is 22.8 Å². The summed E-state index contributed by atoms with van der Waals surface area (Å²) < 4.78 is 0. The molecule has 0 aliphatic heterocycles. The van der Waals surface area contributed by atoms with Crippen molar-refractivity contribution in [1.82, 2.24) is 0 Å². The third-order valence-electron chi connectivity index (χ3n) is 3.98. The fourth-order valence-electron chi connectivity index (χ4n) is 2.95. The minimum atomic E-state index is 0.376. The fraction of sp³-hybridized carbons (Fsp3) is 0.733. The number of rotatable bonds is 2. The van der Waals surface area contributed by atoms with Crippen LogP contribution in [0.4, 0.5) is 0 Å². The molecule has 0 aromatic heterocycles. The number of hydrogen-bond acceptors (Lipinski definition) is 0. The molecule has 0 saturated carbocycles. The summed E-state index contributed by atoms with van der Waals surface area (Å²) in [4.78, 5) is 0. The zero-order chi connectivity index (χ0) is 11.1. The molecule has 0 aromatic rings. The molecular formula is C15H24. The van der Waals surface area contributed by atoms with E-state index in [1.807, 2.05) is 0 Å². The van der Waals surface area contributed by atoms with E-state index in [9.17, 15) is 0 Å². The summed E-state index contributed by atoms with van der Waals surface area (Å²) in [5.41, 5.74) is 5.52. The highest BCUT2D eigenvalue weighted by atomic mass is 14.4. The monoisotopic (exact) mass is 204 g/mol. The van der Waals surface area contributed by atoms with Crippen molar-refractivity contribution in [2.75, 3.05) is 0 Å². The van der Waals surface area contributed by atoms with Crippen molar-refractivity contribution in [3.8, 4) is 0 Å². The summed E-state index contributed by atoms with van der Waals surface area (Å²) in [5, 5.41) is 0. The summed E-state index contributed by atoms with van der Waals surface area (Å²) in [6, 6.07) is 0. The second kappa shape index (κ2) is 3.81. The Labute approximate surface area is 94.5 Å². The Morgan fingerprint density at radius 3 is 2.67 bits per heavy atom. The van der Waals surface area contributed by atoms with Crippen molar-refractivity contribution in [3.63, 3.8) is 0 Å². The Hall–Kier alpha value is -0.520. The third kappa shape index (κ3) is 2.04. The first-order valence-corrected chi connectivity index (χ1v) is 6.45. The zero-order valence-corrected chi connectivity index (χ0v) is 10.7. The van der Waals surface area contributed by atoms with Crippen LogP contribution in [-0.2, 0) is 0 Å². The number of hydrogen-bond donors (Lipinski definition) is 0. The lowest BCUT2D eigenvalue weighted by molar-refractivity contribution is 0.487. The molecule has 0 heterocycles. The SMILES string of the molecule is CCCC1CCC2=C1C=C(C(C)(C)C)C2. The molecule has 2 aliphatic carbocycles. The van der Waals surface area contributed by atoms with Crippen molar-refractivity contribution in [2.24, 2.45) is 11.3 Å². The van der Waals surface area contributed by atoms with Gasteiger partial charge >= 0.3 is 0 Å². The van der Waals surface area contributed by atoms with E-state index in [1.165, 1.54) is 32.1 Å². The smallest absolute Gasteiger partial charge is 0.00940 e. The van der Waals surface area contributed by atoms with Gasteiger partial charge in [-0.3, -0.25) is 0 Å². The molecule has 2 rings (SSSR count). The Bertz CT molecular complexity index is 309. The molecular weight excluding hydrogens is 180 g/mol. The average Bonchev–Trinajstić information content (AvgIpc) is 2.65. The molecule has 1 atom stereocenters. The van der Waals surface area contributed by atoms with Crippen LogP contribution in [-0.4, -0.2) is 0 Å². The van der Waals surface area contributed by atoms with Crippen molar-refractivity contribution in [1.29, 1.82) is 0 Å². The van der Waals surface area contributed by atoms with Gasteiger partial charge in [-0.25, -0.2) is 0 Å². The van der Waals surface area contributed by atoms with Crippen molar-refractivity contribution in [2.45, 2.75) is 59.8 Å². The van der Waals surface area contributed by atoms with Crippen molar-refractivity contribution >= 4 is 0 Å².